The van der Waals surface area contributed by atoms with Gasteiger partial charge in [-0.3, -0.25) is 0 Å². The molecule has 0 heterocycles. The predicted octanol–water partition coefficient (Wildman–Crippen LogP) is 3.14. The molecule has 1 unspecified atom stereocenters. The second-order valence-electron chi connectivity index (χ2n) is 4.41. The van der Waals surface area contributed by atoms with Gasteiger partial charge in [-0.2, -0.15) is 0 Å². The highest BCUT2D eigenvalue weighted by Crippen LogP contribution is 2.50. The summed E-state index contributed by atoms with van der Waals surface area (Å²) < 4.78 is 1.20. The van der Waals surface area contributed by atoms with Crippen molar-refractivity contribution in [1.82, 2.24) is 0 Å². The van der Waals surface area contributed by atoms with Crippen LogP contribution in [0, 0.1) is 6.92 Å². The first kappa shape index (κ1) is 10.2. The molecule has 0 bridgehead atoms. The number of benzene rings is 1. The average molecular weight is 254 g/mol. The summed E-state index contributed by atoms with van der Waals surface area (Å²) in [6, 6.07) is 6.88. The van der Waals surface area contributed by atoms with Gasteiger partial charge in [0.1, 0.15) is 0 Å². The fourth-order valence-corrected chi connectivity index (χ4v) is 2.42. The number of nitrogens with two attached hydrogens (primary N) is 1. The van der Waals surface area contributed by atoms with E-state index in [-0.39, 0.29) is 11.5 Å². The Morgan fingerprint density at radius 2 is 2.07 bits per heavy atom. The molecule has 0 saturated heterocycles. The lowest BCUT2D eigenvalue weighted by atomic mass is 9.89. The number of hydrogen-bond donors (Lipinski definition) is 1. The largest absolute Gasteiger partial charge is 0.327 e. The molecule has 2 N–H and O–H groups in total. The minimum absolute atomic E-state index is 0.261. The maximum atomic E-state index is 6.04. The summed E-state index contributed by atoms with van der Waals surface area (Å²) in [4.78, 5) is 0. The van der Waals surface area contributed by atoms with Crippen molar-refractivity contribution in [2.75, 3.05) is 0 Å². The first-order chi connectivity index (χ1) is 6.56. The quantitative estimate of drug-likeness (QED) is 0.862. The van der Waals surface area contributed by atoms with Gasteiger partial charge in [0, 0.05) is 15.9 Å². The fourth-order valence-electron chi connectivity index (χ4n) is 2.04. The molecule has 1 aromatic rings. The monoisotopic (exact) mass is 253 g/mol. The van der Waals surface area contributed by atoms with Crippen LogP contribution in [0.15, 0.2) is 22.7 Å². The molecule has 0 radical (unpaired) electrons. The highest BCUT2D eigenvalue weighted by atomic mass is 79.9. The minimum atomic E-state index is 0.261. The molecule has 1 saturated carbocycles. The summed E-state index contributed by atoms with van der Waals surface area (Å²) in [5.41, 5.74) is 8.99. The summed E-state index contributed by atoms with van der Waals surface area (Å²) in [5, 5.41) is 0. The van der Waals surface area contributed by atoms with Crippen LogP contribution in [-0.4, -0.2) is 6.04 Å². The smallest absolute Gasteiger partial charge is 0.0207 e. The second-order valence-corrected chi connectivity index (χ2v) is 5.26. The van der Waals surface area contributed by atoms with E-state index in [1.807, 2.05) is 0 Å². The van der Waals surface area contributed by atoms with Gasteiger partial charge in [0.05, 0.1) is 0 Å². The Bertz CT molecular complexity index is 353. The van der Waals surface area contributed by atoms with E-state index >= 15 is 0 Å². The Morgan fingerprint density at radius 1 is 1.43 bits per heavy atom. The SMILES string of the molecule is Cc1ccc(C2(C(C)N)CC2)cc1Br. The Labute approximate surface area is 93.8 Å². The second kappa shape index (κ2) is 3.35. The molecule has 1 nitrogen and oxygen atoms in total. The van der Waals surface area contributed by atoms with Crippen LogP contribution in [0.2, 0.25) is 0 Å². The molecule has 0 spiro atoms. The van der Waals surface area contributed by atoms with Gasteiger partial charge in [0.15, 0.2) is 0 Å². The summed E-state index contributed by atoms with van der Waals surface area (Å²) >= 11 is 3.57. The molecular formula is C12H16BrN. The molecule has 1 aromatic carbocycles. The van der Waals surface area contributed by atoms with Crippen molar-refractivity contribution < 1.29 is 0 Å². The first-order valence-electron chi connectivity index (χ1n) is 5.08. The zero-order valence-corrected chi connectivity index (χ0v) is 10.3. The number of halogens is 1. The van der Waals surface area contributed by atoms with Crippen LogP contribution in [-0.2, 0) is 5.41 Å². The molecule has 2 rings (SSSR count). The molecule has 0 amide bonds. The Balaban J connectivity index is 2.38. The maximum Gasteiger partial charge on any atom is 0.0207 e. The molecule has 2 heteroatoms. The minimum Gasteiger partial charge on any atom is -0.327 e. The van der Waals surface area contributed by atoms with Gasteiger partial charge < -0.3 is 5.73 Å². The van der Waals surface area contributed by atoms with Crippen LogP contribution in [0.25, 0.3) is 0 Å². The Morgan fingerprint density at radius 3 is 2.50 bits per heavy atom. The third-order valence-corrected chi connectivity index (χ3v) is 4.26. The van der Waals surface area contributed by atoms with E-state index in [0.29, 0.717) is 0 Å². The normalized spacial score (nSPS) is 20.6. The molecule has 0 aromatic heterocycles. The maximum absolute atomic E-state index is 6.04. The molecule has 1 atom stereocenters. The van der Waals surface area contributed by atoms with Crippen molar-refractivity contribution in [3.63, 3.8) is 0 Å². The molecule has 1 fully saturated rings. The highest BCUT2D eigenvalue weighted by molar-refractivity contribution is 9.10. The van der Waals surface area contributed by atoms with Crippen molar-refractivity contribution in [3.05, 3.63) is 33.8 Å². The van der Waals surface area contributed by atoms with Crippen LogP contribution in [0.1, 0.15) is 30.9 Å². The Kier molecular flexibility index (Phi) is 2.44. The fraction of sp³-hybridized carbons (Fsp3) is 0.500. The van der Waals surface area contributed by atoms with E-state index in [0.717, 1.165) is 0 Å². The lowest BCUT2D eigenvalue weighted by molar-refractivity contribution is 0.556. The van der Waals surface area contributed by atoms with E-state index in [1.54, 1.807) is 0 Å². The van der Waals surface area contributed by atoms with Crippen molar-refractivity contribution >= 4 is 15.9 Å². The van der Waals surface area contributed by atoms with Gasteiger partial charge in [0.2, 0.25) is 0 Å². The van der Waals surface area contributed by atoms with Crippen LogP contribution in [0.5, 0.6) is 0 Å². The highest BCUT2D eigenvalue weighted by Gasteiger charge is 2.47. The molecule has 1 aliphatic carbocycles. The van der Waals surface area contributed by atoms with Gasteiger partial charge in [-0.1, -0.05) is 28.1 Å². The third kappa shape index (κ3) is 1.51. The van der Waals surface area contributed by atoms with Crippen molar-refractivity contribution in [2.24, 2.45) is 5.73 Å². The van der Waals surface area contributed by atoms with Crippen LogP contribution in [0.3, 0.4) is 0 Å². The predicted molar refractivity (Wildman–Crippen MR) is 63.4 cm³/mol. The third-order valence-electron chi connectivity index (χ3n) is 3.41. The van der Waals surface area contributed by atoms with E-state index in [9.17, 15) is 0 Å². The standard InChI is InChI=1S/C12H16BrN/c1-8-3-4-10(7-11(8)13)12(5-6-12)9(2)14/h3-4,7,9H,5-6,14H2,1-2H3. The van der Waals surface area contributed by atoms with Gasteiger partial charge in [-0.25, -0.2) is 0 Å². The van der Waals surface area contributed by atoms with Gasteiger partial charge in [0.25, 0.3) is 0 Å². The molecule has 0 aliphatic heterocycles. The molecule has 76 valence electrons. The zero-order valence-electron chi connectivity index (χ0n) is 8.68. The molecule has 1 aliphatic rings. The summed E-state index contributed by atoms with van der Waals surface area (Å²) in [5.74, 6) is 0. The summed E-state index contributed by atoms with van der Waals surface area (Å²) in [7, 11) is 0. The van der Waals surface area contributed by atoms with Crippen LogP contribution < -0.4 is 5.73 Å². The zero-order chi connectivity index (χ0) is 10.3. The lowest BCUT2D eigenvalue weighted by Crippen LogP contribution is -2.31. The van der Waals surface area contributed by atoms with E-state index in [4.69, 9.17) is 5.73 Å². The van der Waals surface area contributed by atoms with Crippen molar-refractivity contribution in [1.29, 1.82) is 0 Å². The Hall–Kier alpha value is -0.340. The average Bonchev–Trinajstić information content (AvgIpc) is 2.90. The van der Waals surface area contributed by atoms with Crippen LogP contribution in [0.4, 0.5) is 0 Å². The first-order valence-corrected chi connectivity index (χ1v) is 5.88. The van der Waals surface area contributed by atoms with Crippen molar-refractivity contribution in [3.8, 4) is 0 Å². The topological polar surface area (TPSA) is 26.0 Å². The van der Waals surface area contributed by atoms with Crippen molar-refractivity contribution in [2.45, 2.75) is 38.1 Å². The van der Waals surface area contributed by atoms with Gasteiger partial charge in [-0.15, -0.1) is 0 Å². The van der Waals surface area contributed by atoms with E-state index in [2.05, 4.69) is 48.0 Å². The molecule has 14 heavy (non-hydrogen) atoms. The van der Waals surface area contributed by atoms with Gasteiger partial charge in [-0.05, 0) is 43.9 Å². The lowest BCUT2D eigenvalue weighted by Gasteiger charge is -2.20. The summed E-state index contributed by atoms with van der Waals surface area (Å²) in [6.45, 7) is 4.22. The number of aryl methyl sites for hydroxylation is 1. The van der Waals surface area contributed by atoms with E-state index < -0.39 is 0 Å². The number of rotatable bonds is 2. The molecular weight excluding hydrogens is 238 g/mol. The van der Waals surface area contributed by atoms with Crippen LogP contribution >= 0.6 is 15.9 Å². The number of hydrogen-bond acceptors (Lipinski definition) is 1. The summed E-state index contributed by atoms with van der Waals surface area (Å²) in [6.07, 6.45) is 2.47. The van der Waals surface area contributed by atoms with E-state index in [1.165, 1.54) is 28.4 Å². The van der Waals surface area contributed by atoms with Gasteiger partial charge >= 0.3 is 0 Å².